The van der Waals surface area contributed by atoms with Crippen LogP contribution in [0.1, 0.15) is 52.7 Å². The predicted octanol–water partition coefficient (Wildman–Crippen LogP) is 7.83. The lowest BCUT2D eigenvalue weighted by Crippen LogP contribution is -2.34. The Hall–Kier alpha value is -3.24. The Morgan fingerprint density at radius 3 is 2.17 bits per heavy atom. The summed E-state index contributed by atoms with van der Waals surface area (Å²) in [4.78, 5) is 0. The van der Waals surface area contributed by atoms with Gasteiger partial charge in [-0.15, -0.1) is 0 Å². The van der Waals surface area contributed by atoms with Gasteiger partial charge in [-0.2, -0.15) is 0 Å². The molecule has 4 heteroatoms. The summed E-state index contributed by atoms with van der Waals surface area (Å²) in [6.07, 6.45) is 4.24. The molecule has 4 aromatic rings. The van der Waals surface area contributed by atoms with Gasteiger partial charge in [-0.1, -0.05) is 32.1 Å². The molecule has 184 valence electrons. The first-order valence-corrected chi connectivity index (χ1v) is 12.6. The fourth-order valence-corrected chi connectivity index (χ4v) is 6.93. The molecule has 2 aromatic carbocycles. The van der Waals surface area contributed by atoms with Crippen molar-refractivity contribution in [1.29, 1.82) is 0 Å². The number of nitrogens with zero attached hydrogens (tertiary/aromatic N) is 1. The molecule has 2 aliphatic rings. The maximum Gasteiger partial charge on any atom is 0.216 e. The number of halogens is 1. The van der Waals surface area contributed by atoms with Crippen molar-refractivity contribution in [3.05, 3.63) is 82.8 Å². The van der Waals surface area contributed by atoms with Crippen LogP contribution in [0.3, 0.4) is 0 Å². The van der Waals surface area contributed by atoms with Crippen LogP contribution in [-0.2, 0) is 11.8 Å². The quantitative estimate of drug-likeness (QED) is 0.272. The number of hydrogen-bond donors (Lipinski definition) is 0. The Morgan fingerprint density at radius 2 is 1.47 bits per heavy atom. The number of fused-ring (bicyclic) bond motifs is 3. The Labute approximate surface area is 211 Å². The van der Waals surface area contributed by atoms with Crippen LogP contribution in [0.5, 0.6) is 0 Å². The fourth-order valence-electron chi connectivity index (χ4n) is 6.93. The van der Waals surface area contributed by atoms with Gasteiger partial charge in [0.25, 0.3) is 0 Å². The van der Waals surface area contributed by atoms with Gasteiger partial charge in [0.2, 0.25) is 5.69 Å². The zero-order chi connectivity index (χ0) is 25.8. The van der Waals surface area contributed by atoms with Crippen LogP contribution < -0.4 is 4.57 Å². The molecular weight excluding hydrogens is 449 g/mol. The maximum atomic E-state index is 15.9. The molecule has 3 heterocycles. The summed E-state index contributed by atoms with van der Waals surface area (Å²) < 4.78 is 31.2. The van der Waals surface area contributed by atoms with E-state index in [1.165, 1.54) is 5.57 Å². The van der Waals surface area contributed by atoms with E-state index in [1.807, 2.05) is 31.4 Å². The molecule has 0 spiro atoms. The zero-order valence-corrected chi connectivity index (χ0v) is 22.3. The summed E-state index contributed by atoms with van der Waals surface area (Å²) in [6, 6.07) is 13.8. The third kappa shape index (κ3) is 3.03. The van der Waals surface area contributed by atoms with Crippen LogP contribution in [0.25, 0.3) is 38.8 Å². The van der Waals surface area contributed by atoms with Crippen molar-refractivity contribution in [2.75, 3.05) is 0 Å². The third-order valence-corrected chi connectivity index (χ3v) is 7.93. The normalized spacial score (nSPS) is 19.9. The van der Waals surface area contributed by atoms with Crippen molar-refractivity contribution in [3.8, 4) is 11.3 Å². The highest BCUT2D eigenvalue weighted by Gasteiger charge is 2.54. The lowest BCUT2D eigenvalue weighted by molar-refractivity contribution is -0.660. The molecule has 2 aromatic heterocycles. The molecule has 0 radical (unpaired) electrons. The summed E-state index contributed by atoms with van der Waals surface area (Å²) in [5.41, 5.74) is 7.04. The first kappa shape index (κ1) is 23.2. The highest BCUT2D eigenvalue weighted by Crippen LogP contribution is 2.60. The smallest absolute Gasteiger partial charge is 0.216 e. The van der Waals surface area contributed by atoms with Crippen LogP contribution in [0.2, 0.25) is 0 Å². The van der Waals surface area contributed by atoms with E-state index in [-0.39, 0.29) is 11.2 Å². The van der Waals surface area contributed by atoms with E-state index in [9.17, 15) is 0 Å². The van der Waals surface area contributed by atoms with Crippen molar-refractivity contribution in [2.45, 2.75) is 59.7 Å². The average molecular weight is 483 g/mol. The van der Waals surface area contributed by atoms with Crippen LogP contribution >= 0.6 is 0 Å². The van der Waals surface area contributed by atoms with E-state index >= 15 is 4.39 Å². The molecule has 0 N–H and O–H groups in total. The van der Waals surface area contributed by atoms with E-state index in [0.717, 1.165) is 44.3 Å². The molecule has 0 bridgehead atoms. The van der Waals surface area contributed by atoms with Gasteiger partial charge in [0.1, 0.15) is 24.0 Å². The molecule has 0 fully saturated rings. The molecule has 1 aliphatic carbocycles. The van der Waals surface area contributed by atoms with Gasteiger partial charge < -0.3 is 9.15 Å². The van der Waals surface area contributed by atoms with Crippen molar-refractivity contribution in [1.82, 2.24) is 0 Å². The van der Waals surface area contributed by atoms with Crippen molar-refractivity contribution >= 4 is 27.5 Å². The number of benzene rings is 2. The molecule has 3 nitrogen and oxygen atoms in total. The Kier molecular flexibility index (Phi) is 4.61. The molecule has 36 heavy (non-hydrogen) atoms. The minimum Gasteiger partial charge on any atom is -0.454 e. The number of ether oxygens (including phenoxy) is 1. The number of furan rings is 1. The van der Waals surface area contributed by atoms with Crippen LogP contribution in [0, 0.1) is 18.2 Å². The minimum absolute atomic E-state index is 0.262. The lowest BCUT2D eigenvalue weighted by Gasteiger charge is -2.33. The van der Waals surface area contributed by atoms with Crippen LogP contribution in [0.4, 0.5) is 4.39 Å². The van der Waals surface area contributed by atoms with Gasteiger partial charge in [0.05, 0.1) is 22.3 Å². The first-order valence-electron chi connectivity index (χ1n) is 12.6. The summed E-state index contributed by atoms with van der Waals surface area (Å²) in [5, 5.41) is 1.91. The highest BCUT2D eigenvalue weighted by molar-refractivity contribution is 6.13. The molecule has 0 atom stereocenters. The molecule has 0 amide bonds. The van der Waals surface area contributed by atoms with Gasteiger partial charge in [0, 0.05) is 28.3 Å². The first-order chi connectivity index (χ1) is 16.8. The molecule has 0 saturated carbocycles. The zero-order valence-electron chi connectivity index (χ0n) is 22.3. The lowest BCUT2D eigenvalue weighted by atomic mass is 9.77. The van der Waals surface area contributed by atoms with Crippen LogP contribution in [0.15, 0.2) is 70.3 Å². The fraction of sp³-hybridized carbons (Fsp3) is 0.344. The second kappa shape index (κ2) is 7.17. The van der Waals surface area contributed by atoms with E-state index in [4.69, 9.17) is 9.15 Å². The van der Waals surface area contributed by atoms with Gasteiger partial charge in [-0.05, 0) is 75.1 Å². The monoisotopic (exact) mass is 482 g/mol. The third-order valence-electron chi connectivity index (χ3n) is 7.93. The highest BCUT2D eigenvalue weighted by atomic mass is 19.1. The van der Waals surface area contributed by atoms with Gasteiger partial charge in [-0.25, -0.2) is 8.96 Å². The predicted molar refractivity (Wildman–Crippen MR) is 143 cm³/mol. The van der Waals surface area contributed by atoms with Crippen molar-refractivity contribution in [3.63, 3.8) is 0 Å². The van der Waals surface area contributed by atoms with E-state index in [2.05, 4.69) is 77.3 Å². The molecule has 6 rings (SSSR count). The summed E-state index contributed by atoms with van der Waals surface area (Å²) in [5.74, 6) is -0.276. The molecule has 0 unspecified atom stereocenters. The van der Waals surface area contributed by atoms with E-state index < -0.39 is 11.2 Å². The topological polar surface area (TPSA) is 26.2 Å². The second-order valence-electron chi connectivity index (χ2n) is 11.9. The Balaban J connectivity index is 1.70. The molecule has 1 aliphatic heterocycles. The number of aryl methyl sites for hydroxylation is 2. The SMILES string of the molecule is Cc1ccc2c(oc3c(C4=CC(C)(C)C5=C4C(C)(C)OC5(C)C)c(F)ccc32)c1-c1cccc[n+]1C. The van der Waals surface area contributed by atoms with Gasteiger partial charge in [-0.3, -0.25) is 0 Å². The number of allylic oxidation sites excluding steroid dienone is 1. The van der Waals surface area contributed by atoms with Gasteiger partial charge >= 0.3 is 0 Å². The van der Waals surface area contributed by atoms with E-state index in [0.29, 0.717) is 11.1 Å². The van der Waals surface area contributed by atoms with Gasteiger partial charge in [0.15, 0.2) is 6.20 Å². The summed E-state index contributed by atoms with van der Waals surface area (Å²) in [7, 11) is 2.03. The Morgan fingerprint density at radius 1 is 0.806 bits per heavy atom. The minimum atomic E-state index is -0.543. The largest absolute Gasteiger partial charge is 0.454 e. The Bertz CT molecular complexity index is 1660. The standard InChI is InChI=1S/C32H33FNO2/c1-18-12-13-19-20-14-15-22(33)25(28(20)35-27(19)24(18)23-11-9-10-16-34(23)8)21-17-30(2,3)29-26(21)31(4,5)36-32(29,6)7/h9-17H,1-8H3/q+1. The van der Waals surface area contributed by atoms with E-state index in [1.54, 1.807) is 6.07 Å². The number of aromatic nitrogens is 1. The average Bonchev–Trinajstić information content (AvgIpc) is 3.35. The van der Waals surface area contributed by atoms with Crippen LogP contribution in [-0.4, -0.2) is 11.2 Å². The molecule has 0 saturated heterocycles. The number of rotatable bonds is 2. The second-order valence-corrected chi connectivity index (χ2v) is 11.9. The summed E-state index contributed by atoms with van der Waals surface area (Å²) >= 11 is 0. The number of pyridine rings is 1. The number of hydrogen-bond acceptors (Lipinski definition) is 2. The maximum absolute atomic E-state index is 15.9. The molecular formula is C32H33FNO2+. The van der Waals surface area contributed by atoms with Crippen molar-refractivity contribution in [2.24, 2.45) is 12.5 Å². The van der Waals surface area contributed by atoms with Crippen molar-refractivity contribution < 1.29 is 18.1 Å². The summed E-state index contributed by atoms with van der Waals surface area (Å²) in [6.45, 7) is 14.9.